The third kappa shape index (κ3) is 2.12. The molecule has 0 fully saturated rings. The van der Waals surface area contributed by atoms with E-state index in [0.29, 0.717) is 13.2 Å². The number of aryl methyl sites for hydroxylation is 1. The summed E-state index contributed by atoms with van der Waals surface area (Å²) in [4.78, 5) is 0. The maximum atomic E-state index is 9.05. The molecule has 0 unspecified atom stereocenters. The standard InChI is InChI=1S/C7H11ClN2O2/c1-12-4-2-3-10-7(8)6(11)5-9-10/h5,11H,2-4H2,1H3. The molecule has 5 heteroatoms. The molecule has 1 N–H and O–H groups in total. The van der Waals surface area contributed by atoms with E-state index in [4.69, 9.17) is 21.4 Å². The molecule has 1 aromatic heterocycles. The zero-order valence-corrected chi connectivity index (χ0v) is 7.58. The van der Waals surface area contributed by atoms with E-state index in [2.05, 4.69) is 5.10 Å². The van der Waals surface area contributed by atoms with Crippen molar-refractivity contribution in [2.75, 3.05) is 13.7 Å². The zero-order chi connectivity index (χ0) is 8.97. The summed E-state index contributed by atoms with van der Waals surface area (Å²) in [5.41, 5.74) is 0. The van der Waals surface area contributed by atoms with Crippen LogP contribution < -0.4 is 0 Å². The number of ether oxygens (including phenoxy) is 1. The van der Waals surface area contributed by atoms with E-state index >= 15 is 0 Å². The molecule has 0 saturated heterocycles. The summed E-state index contributed by atoms with van der Waals surface area (Å²) < 4.78 is 6.40. The Kier molecular flexibility index (Phi) is 3.37. The third-order valence-corrected chi connectivity index (χ3v) is 1.86. The summed E-state index contributed by atoms with van der Waals surface area (Å²) in [5.74, 6) is 0.0223. The highest BCUT2D eigenvalue weighted by Crippen LogP contribution is 2.21. The molecule has 1 heterocycles. The van der Waals surface area contributed by atoms with Crippen molar-refractivity contribution < 1.29 is 9.84 Å². The van der Waals surface area contributed by atoms with Crippen molar-refractivity contribution in [3.63, 3.8) is 0 Å². The molecule has 0 bridgehead atoms. The van der Waals surface area contributed by atoms with Crippen LogP contribution >= 0.6 is 11.6 Å². The van der Waals surface area contributed by atoms with Gasteiger partial charge in [0.15, 0.2) is 10.9 Å². The molecular formula is C7H11ClN2O2. The summed E-state index contributed by atoms with van der Waals surface area (Å²) >= 11 is 5.70. The van der Waals surface area contributed by atoms with Crippen LogP contribution in [0.1, 0.15) is 6.42 Å². The molecule has 1 rings (SSSR count). The highest BCUT2D eigenvalue weighted by Gasteiger charge is 2.05. The van der Waals surface area contributed by atoms with E-state index in [1.807, 2.05) is 0 Å². The number of halogens is 1. The van der Waals surface area contributed by atoms with Gasteiger partial charge in [0.25, 0.3) is 0 Å². The minimum absolute atomic E-state index is 0.0223. The highest BCUT2D eigenvalue weighted by atomic mass is 35.5. The zero-order valence-electron chi connectivity index (χ0n) is 6.83. The molecule has 0 saturated carbocycles. The van der Waals surface area contributed by atoms with Gasteiger partial charge in [-0.25, -0.2) is 0 Å². The monoisotopic (exact) mass is 190 g/mol. The predicted molar refractivity (Wildman–Crippen MR) is 45.4 cm³/mol. The Labute approximate surface area is 75.7 Å². The summed E-state index contributed by atoms with van der Waals surface area (Å²) in [6, 6.07) is 0. The van der Waals surface area contributed by atoms with Gasteiger partial charge in [0, 0.05) is 20.3 Å². The quantitative estimate of drug-likeness (QED) is 0.728. The summed E-state index contributed by atoms with van der Waals surface area (Å²) in [6.45, 7) is 1.32. The van der Waals surface area contributed by atoms with E-state index in [0.717, 1.165) is 6.42 Å². The van der Waals surface area contributed by atoms with Gasteiger partial charge in [-0.15, -0.1) is 0 Å². The van der Waals surface area contributed by atoms with Crippen molar-refractivity contribution in [2.45, 2.75) is 13.0 Å². The summed E-state index contributed by atoms with van der Waals surface area (Å²) in [5, 5.41) is 13.2. The van der Waals surface area contributed by atoms with Crippen molar-refractivity contribution in [2.24, 2.45) is 0 Å². The Morgan fingerprint density at radius 1 is 1.75 bits per heavy atom. The Morgan fingerprint density at radius 2 is 2.50 bits per heavy atom. The fraction of sp³-hybridized carbons (Fsp3) is 0.571. The van der Waals surface area contributed by atoms with Gasteiger partial charge >= 0.3 is 0 Å². The molecule has 0 atom stereocenters. The van der Waals surface area contributed by atoms with Crippen LogP contribution in [0.3, 0.4) is 0 Å². The number of rotatable bonds is 4. The molecule has 0 spiro atoms. The van der Waals surface area contributed by atoms with Gasteiger partial charge in [0.1, 0.15) is 0 Å². The Balaban J connectivity index is 2.46. The minimum atomic E-state index is 0.0223. The minimum Gasteiger partial charge on any atom is -0.504 e. The van der Waals surface area contributed by atoms with Crippen molar-refractivity contribution in [1.29, 1.82) is 0 Å². The predicted octanol–water partition coefficient (Wildman–Crippen LogP) is 1.28. The first-order valence-electron chi connectivity index (χ1n) is 3.65. The lowest BCUT2D eigenvalue weighted by molar-refractivity contribution is 0.189. The molecule has 0 radical (unpaired) electrons. The fourth-order valence-electron chi connectivity index (χ4n) is 0.875. The van der Waals surface area contributed by atoms with E-state index in [1.54, 1.807) is 7.11 Å². The second-order valence-electron chi connectivity index (χ2n) is 2.39. The molecule has 0 aliphatic carbocycles. The van der Waals surface area contributed by atoms with Crippen LogP contribution in [-0.4, -0.2) is 28.6 Å². The largest absolute Gasteiger partial charge is 0.504 e. The lowest BCUT2D eigenvalue weighted by Gasteiger charge is -2.01. The van der Waals surface area contributed by atoms with Crippen LogP contribution in [-0.2, 0) is 11.3 Å². The van der Waals surface area contributed by atoms with Crippen molar-refractivity contribution in [3.8, 4) is 5.75 Å². The van der Waals surface area contributed by atoms with E-state index < -0.39 is 0 Å². The van der Waals surface area contributed by atoms with Crippen molar-refractivity contribution >= 4 is 11.6 Å². The van der Waals surface area contributed by atoms with Crippen LogP contribution in [0.15, 0.2) is 6.20 Å². The molecule has 1 aromatic rings. The van der Waals surface area contributed by atoms with Gasteiger partial charge < -0.3 is 9.84 Å². The van der Waals surface area contributed by atoms with Crippen LogP contribution in [0, 0.1) is 0 Å². The summed E-state index contributed by atoms with van der Waals surface area (Å²) in [6.07, 6.45) is 2.16. The number of hydrogen-bond donors (Lipinski definition) is 1. The normalized spacial score (nSPS) is 10.5. The number of methoxy groups -OCH3 is 1. The highest BCUT2D eigenvalue weighted by molar-refractivity contribution is 6.30. The smallest absolute Gasteiger partial charge is 0.172 e. The van der Waals surface area contributed by atoms with Gasteiger partial charge in [-0.05, 0) is 6.42 Å². The lowest BCUT2D eigenvalue weighted by atomic mass is 10.4. The van der Waals surface area contributed by atoms with Crippen LogP contribution in [0.4, 0.5) is 0 Å². The van der Waals surface area contributed by atoms with Gasteiger partial charge in [-0.2, -0.15) is 5.10 Å². The topological polar surface area (TPSA) is 47.3 Å². The maximum absolute atomic E-state index is 9.05. The molecule has 0 aromatic carbocycles. The van der Waals surface area contributed by atoms with Crippen molar-refractivity contribution in [1.82, 2.24) is 9.78 Å². The fourth-order valence-corrected chi connectivity index (χ4v) is 1.05. The first kappa shape index (κ1) is 9.35. The van der Waals surface area contributed by atoms with Gasteiger partial charge in [0.05, 0.1) is 6.20 Å². The van der Waals surface area contributed by atoms with Gasteiger partial charge in [-0.3, -0.25) is 4.68 Å². The second-order valence-corrected chi connectivity index (χ2v) is 2.75. The van der Waals surface area contributed by atoms with Crippen molar-refractivity contribution in [3.05, 3.63) is 11.3 Å². The van der Waals surface area contributed by atoms with Crippen LogP contribution in [0.5, 0.6) is 5.75 Å². The Bertz CT molecular complexity index is 250. The summed E-state index contributed by atoms with van der Waals surface area (Å²) in [7, 11) is 1.64. The average Bonchev–Trinajstić information content (AvgIpc) is 2.36. The van der Waals surface area contributed by atoms with Crippen LogP contribution in [0.25, 0.3) is 0 Å². The van der Waals surface area contributed by atoms with Crippen LogP contribution in [0.2, 0.25) is 5.15 Å². The number of aromatic hydroxyl groups is 1. The molecule has 68 valence electrons. The second kappa shape index (κ2) is 4.33. The molecule has 0 aliphatic heterocycles. The lowest BCUT2D eigenvalue weighted by Crippen LogP contribution is -2.02. The SMILES string of the molecule is COCCCn1ncc(O)c1Cl. The van der Waals surface area contributed by atoms with E-state index in [-0.39, 0.29) is 10.9 Å². The molecule has 0 aliphatic rings. The number of nitrogens with zero attached hydrogens (tertiary/aromatic N) is 2. The van der Waals surface area contributed by atoms with Gasteiger partial charge in [-0.1, -0.05) is 11.6 Å². The molecule has 4 nitrogen and oxygen atoms in total. The molecular weight excluding hydrogens is 180 g/mol. The third-order valence-electron chi connectivity index (χ3n) is 1.48. The van der Waals surface area contributed by atoms with E-state index in [1.165, 1.54) is 10.9 Å². The first-order valence-corrected chi connectivity index (χ1v) is 4.02. The average molecular weight is 191 g/mol. The number of hydrogen-bond acceptors (Lipinski definition) is 3. The maximum Gasteiger partial charge on any atom is 0.172 e. The Hall–Kier alpha value is -0.740. The first-order chi connectivity index (χ1) is 5.75. The Morgan fingerprint density at radius 3 is 3.00 bits per heavy atom. The van der Waals surface area contributed by atoms with E-state index in [9.17, 15) is 0 Å². The number of aromatic nitrogens is 2. The molecule has 12 heavy (non-hydrogen) atoms. The molecule has 0 amide bonds. The van der Waals surface area contributed by atoms with Gasteiger partial charge in [0.2, 0.25) is 0 Å².